The molecule has 6 nitrogen and oxygen atoms in total. The zero-order chi connectivity index (χ0) is 30.2. The van der Waals surface area contributed by atoms with Gasteiger partial charge in [-0.2, -0.15) is 0 Å². The maximum absolute atomic E-state index is 13.0. The first-order valence-electron chi connectivity index (χ1n) is 14.3. The summed E-state index contributed by atoms with van der Waals surface area (Å²) in [4.78, 5) is 0.135. The molecule has 6 rings (SSSR count). The molecule has 0 atom stereocenters. The minimum atomic E-state index is -3.93. The molecule has 0 radical (unpaired) electrons. The number of fused-ring (bicyclic) bond motifs is 7. The monoisotopic (exact) mass is 680 g/mol. The predicted octanol–water partition coefficient (Wildman–Crippen LogP) is 8.81. The van der Waals surface area contributed by atoms with Gasteiger partial charge in [-0.3, -0.25) is 0 Å². The molecule has 0 spiro atoms. The van der Waals surface area contributed by atoms with E-state index >= 15 is 0 Å². The maximum atomic E-state index is 13.0. The third-order valence-corrected chi connectivity index (χ3v) is 12.5. The van der Waals surface area contributed by atoms with E-state index in [4.69, 9.17) is 17.8 Å². The molecule has 9 heteroatoms. The van der Waals surface area contributed by atoms with Crippen molar-refractivity contribution in [1.82, 2.24) is 0 Å². The van der Waals surface area contributed by atoms with Crippen molar-refractivity contribution in [1.29, 1.82) is 0 Å². The number of hydrogen-bond donors (Lipinski definition) is 0. The first-order chi connectivity index (χ1) is 20.7. The molecule has 0 aliphatic carbocycles. The van der Waals surface area contributed by atoms with Crippen molar-refractivity contribution in [2.45, 2.75) is 38.5 Å². The fraction of sp³-hybridized carbons (Fsp3) is 0.235. The molecule has 0 amide bonds. The van der Waals surface area contributed by atoms with E-state index in [9.17, 15) is 8.42 Å². The minimum absolute atomic E-state index is 0.0291. The Morgan fingerprint density at radius 1 is 0.721 bits per heavy atom. The van der Waals surface area contributed by atoms with Gasteiger partial charge in [0.05, 0.1) is 0 Å². The van der Waals surface area contributed by atoms with Crippen LogP contribution in [0.4, 0.5) is 0 Å². The van der Waals surface area contributed by atoms with Gasteiger partial charge in [-0.25, -0.2) is 0 Å². The molecule has 1 heterocycles. The summed E-state index contributed by atoms with van der Waals surface area (Å²) >= 11 is 3.12. The summed E-state index contributed by atoms with van der Waals surface area (Å²) in [6.45, 7) is 6.08. The number of hydrogen-bond acceptors (Lipinski definition) is 6. The summed E-state index contributed by atoms with van der Waals surface area (Å²) in [7, 11) is -3.93. The summed E-state index contributed by atoms with van der Waals surface area (Å²) in [6.07, 6.45) is -1.84. The van der Waals surface area contributed by atoms with Gasteiger partial charge in [-0.05, 0) is 0 Å². The first-order valence-corrected chi connectivity index (χ1v) is 19.5. The van der Waals surface area contributed by atoms with Crippen LogP contribution in [0.25, 0.3) is 32.7 Å². The van der Waals surface area contributed by atoms with Gasteiger partial charge in [0.1, 0.15) is 0 Å². The molecule has 43 heavy (non-hydrogen) atoms. The van der Waals surface area contributed by atoms with Gasteiger partial charge >= 0.3 is 262 Å². The normalized spacial score (nSPS) is 14.4. The van der Waals surface area contributed by atoms with Gasteiger partial charge in [0, 0.05) is 0 Å². The van der Waals surface area contributed by atoms with Gasteiger partial charge in [-0.15, -0.1) is 0 Å². The molecule has 1 aliphatic heterocycles. The molecule has 0 N–H and O–H groups in total. The average molecular weight is 680 g/mol. The quantitative estimate of drug-likeness (QED) is 0.0881. The summed E-state index contributed by atoms with van der Waals surface area (Å²) in [5.74, 6) is 1.33. The fourth-order valence-corrected chi connectivity index (χ4v) is 9.09. The Bertz CT molecular complexity index is 1880. The zero-order valence-electron chi connectivity index (χ0n) is 24.3. The second-order valence-electron chi connectivity index (χ2n) is 11.0. The number of rotatable bonds is 9. The SMILES string of the molecule is CCC(CC)(COP1(=[Se])Oc2ccc3ccccc3c2-c2c(ccc3ccccc23)O1)COS(=O)(=O)c1ccc(C)cc1. The van der Waals surface area contributed by atoms with Gasteiger partial charge in [0.25, 0.3) is 0 Å². The van der Waals surface area contributed by atoms with E-state index in [1.165, 1.54) is 0 Å². The van der Waals surface area contributed by atoms with Crippen molar-refractivity contribution < 1.29 is 26.2 Å². The zero-order valence-corrected chi connectivity index (χ0v) is 27.7. The summed E-state index contributed by atoms with van der Waals surface area (Å²) < 4.78 is 51.5. The van der Waals surface area contributed by atoms with Crippen LogP contribution < -0.4 is 9.05 Å². The molecule has 5 aromatic rings. The Morgan fingerprint density at radius 3 is 1.74 bits per heavy atom. The summed E-state index contributed by atoms with van der Waals surface area (Å²) in [5, 5.41) is 4.30. The van der Waals surface area contributed by atoms with E-state index in [-0.39, 0.29) is 18.1 Å². The van der Waals surface area contributed by atoms with Crippen molar-refractivity contribution in [2.24, 2.45) is 5.41 Å². The molecule has 5 aromatic carbocycles. The van der Waals surface area contributed by atoms with Crippen LogP contribution in [0.1, 0.15) is 32.3 Å². The third-order valence-electron chi connectivity index (χ3n) is 8.31. The number of aryl methyl sites for hydroxylation is 1. The van der Waals surface area contributed by atoms with E-state index < -0.39 is 21.7 Å². The first kappa shape index (κ1) is 30.1. The van der Waals surface area contributed by atoms with Crippen LogP contribution in [0.2, 0.25) is 0 Å². The molecule has 0 aromatic heterocycles. The molecule has 0 bridgehead atoms. The van der Waals surface area contributed by atoms with Crippen LogP contribution in [-0.2, 0) is 18.8 Å². The molecular formula is C34H33O6PSSe. The van der Waals surface area contributed by atoms with E-state index in [2.05, 4.69) is 39.4 Å². The number of benzene rings is 5. The Morgan fingerprint density at radius 2 is 1.23 bits per heavy atom. The van der Waals surface area contributed by atoms with Crippen molar-refractivity contribution in [3.8, 4) is 22.6 Å². The van der Waals surface area contributed by atoms with Crippen LogP contribution in [0.3, 0.4) is 0 Å². The molecule has 0 saturated heterocycles. The van der Waals surface area contributed by atoms with Crippen LogP contribution in [0.5, 0.6) is 11.5 Å². The second kappa shape index (κ2) is 11.9. The third kappa shape index (κ3) is 5.93. The van der Waals surface area contributed by atoms with Gasteiger partial charge < -0.3 is 0 Å². The standard InChI is InChI=1S/C34H33O6PSSe/c1-4-34(5-2,23-38-42(35,36)27-18-14-24(3)15-19-27)22-37-41(43)39-30-20-16-25-10-6-8-12-28(25)32(30)33-29-13-9-7-11-26(29)17-21-31(33)40-41/h6-21H,4-5,22-23H2,1-3H3. The van der Waals surface area contributed by atoms with E-state index in [1.54, 1.807) is 24.3 Å². The van der Waals surface area contributed by atoms with Crippen molar-refractivity contribution in [2.75, 3.05) is 13.2 Å². The summed E-state index contributed by atoms with van der Waals surface area (Å²) in [6, 6.07) is 31.1. The predicted molar refractivity (Wildman–Crippen MR) is 174 cm³/mol. The van der Waals surface area contributed by atoms with Crippen LogP contribution >= 0.6 is 6.19 Å². The second-order valence-corrected chi connectivity index (χ2v) is 16.9. The van der Waals surface area contributed by atoms with Crippen LogP contribution in [0, 0.1) is 12.3 Å². The van der Waals surface area contributed by atoms with Crippen molar-refractivity contribution >= 4 is 53.0 Å². The Labute approximate surface area is 260 Å². The Balaban J connectivity index is 1.35. The van der Waals surface area contributed by atoms with Crippen molar-refractivity contribution in [3.05, 3.63) is 103 Å². The van der Waals surface area contributed by atoms with Gasteiger partial charge in [0.15, 0.2) is 0 Å². The Kier molecular flexibility index (Phi) is 8.29. The molecule has 0 saturated carbocycles. The van der Waals surface area contributed by atoms with E-state index in [0.717, 1.165) is 38.2 Å². The molecule has 0 unspecified atom stereocenters. The van der Waals surface area contributed by atoms with Crippen LogP contribution in [-0.4, -0.2) is 36.7 Å². The van der Waals surface area contributed by atoms with Gasteiger partial charge in [-0.1, -0.05) is 0 Å². The average Bonchev–Trinajstić information content (AvgIpc) is 3.15. The topological polar surface area (TPSA) is 71.1 Å². The molecule has 222 valence electrons. The molecule has 1 aliphatic rings. The molecule has 0 fully saturated rings. The molecular weight excluding hydrogens is 646 g/mol. The summed E-state index contributed by atoms with van der Waals surface area (Å²) in [5.41, 5.74) is 2.29. The van der Waals surface area contributed by atoms with Crippen LogP contribution in [0.15, 0.2) is 102 Å². The fourth-order valence-electron chi connectivity index (χ4n) is 5.37. The van der Waals surface area contributed by atoms with Gasteiger partial charge in [0.2, 0.25) is 0 Å². The van der Waals surface area contributed by atoms with E-state index in [0.29, 0.717) is 24.3 Å². The Hall–Kier alpha value is -2.96. The van der Waals surface area contributed by atoms with Crippen molar-refractivity contribution in [3.63, 3.8) is 0 Å². The van der Waals surface area contributed by atoms with E-state index in [1.807, 2.05) is 69.3 Å².